The summed E-state index contributed by atoms with van der Waals surface area (Å²) in [6.07, 6.45) is 6.67. The van der Waals surface area contributed by atoms with Crippen molar-refractivity contribution in [1.82, 2.24) is 10.6 Å². The van der Waals surface area contributed by atoms with Gasteiger partial charge in [-0.15, -0.1) is 0 Å². The molecule has 0 aromatic heterocycles. The number of nitrogens with one attached hydrogen (secondary N) is 2. The molecule has 4 nitrogen and oxygen atoms in total. The van der Waals surface area contributed by atoms with E-state index in [0.29, 0.717) is 12.8 Å². The number of hydrogen-bond donors (Lipinski definition) is 2. The molecule has 1 unspecified atom stereocenters. The maximum Gasteiger partial charge on any atom is 0.249 e. The minimum Gasteiger partial charge on any atom is -0.377 e. The highest BCUT2D eigenvalue weighted by atomic mass is 16.2. The molecule has 1 heterocycles. The minimum absolute atomic E-state index is 0.187. The minimum atomic E-state index is -0.288. The first-order valence-corrected chi connectivity index (χ1v) is 5.03. The second-order valence-electron chi connectivity index (χ2n) is 3.52. The molecule has 0 radical (unpaired) electrons. The Morgan fingerprint density at radius 3 is 2.87 bits per heavy atom. The van der Waals surface area contributed by atoms with Gasteiger partial charge >= 0.3 is 0 Å². The fourth-order valence-electron chi connectivity index (χ4n) is 1.39. The number of carbonyl (C=O) groups is 2. The Morgan fingerprint density at radius 2 is 2.27 bits per heavy atom. The van der Waals surface area contributed by atoms with Crippen LogP contribution in [-0.2, 0) is 9.59 Å². The highest BCUT2D eigenvalue weighted by molar-refractivity contribution is 6.00. The lowest BCUT2D eigenvalue weighted by molar-refractivity contribution is -0.134. The van der Waals surface area contributed by atoms with Gasteiger partial charge in [0.1, 0.15) is 6.04 Å². The zero-order valence-corrected chi connectivity index (χ0v) is 9.04. The van der Waals surface area contributed by atoms with Gasteiger partial charge in [-0.2, -0.15) is 0 Å². The van der Waals surface area contributed by atoms with E-state index >= 15 is 0 Å². The van der Waals surface area contributed by atoms with Crippen LogP contribution in [0.5, 0.6) is 0 Å². The summed E-state index contributed by atoms with van der Waals surface area (Å²) in [5.74, 6) is -0.424. The van der Waals surface area contributed by atoms with Crippen molar-refractivity contribution in [3.63, 3.8) is 0 Å². The van der Waals surface area contributed by atoms with Gasteiger partial charge in [-0.25, -0.2) is 0 Å². The van der Waals surface area contributed by atoms with Crippen LogP contribution in [0.4, 0.5) is 0 Å². The van der Waals surface area contributed by atoms with Crippen molar-refractivity contribution in [2.75, 3.05) is 0 Å². The summed E-state index contributed by atoms with van der Waals surface area (Å²) in [4.78, 5) is 22.3. The molecule has 2 N–H and O–H groups in total. The van der Waals surface area contributed by atoms with Crippen LogP contribution in [0.2, 0.25) is 0 Å². The summed E-state index contributed by atoms with van der Waals surface area (Å²) in [5.41, 5.74) is 0.919. The topological polar surface area (TPSA) is 58.2 Å². The Hall–Kier alpha value is -1.58. The number of imide groups is 1. The zero-order chi connectivity index (χ0) is 11.3. The van der Waals surface area contributed by atoms with Crippen LogP contribution < -0.4 is 10.6 Å². The first-order chi connectivity index (χ1) is 7.13. The number of allylic oxidation sites excluding steroid dienone is 4. The van der Waals surface area contributed by atoms with Crippen molar-refractivity contribution in [2.45, 2.75) is 32.7 Å². The summed E-state index contributed by atoms with van der Waals surface area (Å²) in [6.45, 7) is 3.82. The maximum absolute atomic E-state index is 11.4. The highest BCUT2D eigenvalue weighted by Gasteiger charge is 2.25. The first-order valence-electron chi connectivity index (χ1n) is 5.03. The number of hydrogen-bond acceptors (Lipinski definition) is 3. The van der Waals surface area contributed by atoms with Crippen LogP contribution in [0.3, 0.4) is 0 Å². The van der Waals surface area contributed by atoms with E-state index in [4.69, 9.17) is 0 Å². The van der Waals surface area contributed by atoms with Crippen LogP contribution in [0.15, 0.2) is 23.9 Å². The second-order valence-corrected chi connectivity index (χ2v) is 3.52. The van der Waals surface area contributed by atoms with Gasteiger partial charge < -0.3 is 5.32 Å². The third kappa shape index (κ3) is 3.58. The van der Waals surface area contributed by atoms with Crippen molar-refractivity contribution in [1.29, 1.82) is 0 Å². The number of carbonyl (C=O) groups excluding carboxylic acids is 2. The zero-order valence-electron chi connectivity index (χ0n) is 9.04. The third-order valence-electron chi connectivity index (χ3n) is 2.18. The van der Waals surface area contributed by atoms with E-state index in [1.807, 2.05) is 32.1 Å². The van der Waals surface area contributed by atoms with E-state index in [0.717, 1.165) is 5.70 Å². The Bertz CT molecular complexity index is 319. The Balaban J connectivity index is 2.51. The molecule has 1 saturated heterocycles. The first kappa shape index (κ1) is 11.5. The molecule has 1 rings (SSSR count). The highest BCUT2D eigenvalue weighted by Crippen LogP contribution is 2.06. The molecule has 0 spiro atoms. The van der Waals surface area contributed by atoms with Crippen LogP contribution in [0, 0.1) is 0 Å². The van der Waals surface area contributed by atoms with Gasteiger partial charge in [0.15, 0.2) is 0 Å². The van der Waals surface area contributed by atoms with Crippen LogP contribution in [-0.4, -0.2) is 17.9 Å². The van der Waals surface area contributed by atoms with Gasteiger partial charge in [0, 0.05) is 12.1 Å². The molecule has 1 atom stereocenters. The summed E-state index contributed by atoms with van der Waals surface area (Å²) in [6, 6.07) is -0.288. The van der Waals surface area contributed by atoms with E-state index in [-0.39, 0.29) is 17.9 Å². The molecule has 4 heteroatoms. The fourth-order valence-corrected chi connectivity index (χ4v) is 1.39. The van der Waals surface area contributed by atoms with Crippen molar-refractivity contribution in [3.8, 4) is 0 Å². The molecular weight excluding hydrogens is 192 g/mol. The van der Waals surface area contributed by atoms with Crippen LogP contribution >= 0.6 is 0 Å². The molecule has 0 aliphatic carbocycles. The molecule has 0 aromatic rings. The third-order valence-corrected chi connectivity index (χ3v) is 2.18. The second kappa shape index (κ2) is 5.34. The molecule has 0 bridgehead atoms. The lowest BCUT2D eigenvalue weighted by Gasteiger charge is -2.22. The van der Waals surface area contributed by atoms with E-state index in [1.165, 1.54) is 0 Å². The molecule has 2 amide bonds. The maximum atomic E-state index is 11.4. The van der Waals surface area contributed by atoms with E-state index in [2.05, 4.69) is 10.6 Å². The van der Waals surface area contributed by atoms with Gasteiger partial charge in [0.25, 0.3) is 0 Å². The lowest BCUT2D eigenvalue weighted by atomic mass is 10.1. The normalized spacial score (nSPS) is 23.1. The molecule has 82 valence electrons. The molecule has 15 heavy (non-hydrogen) atoms. The number of amides is 2. The molecule has 0 aromatic carbocycles. The van der Waals surface area contributed by atoms with Crippen molar-refractivity contribution in [2.24, 2.45) is 0 Å². The van der Waals surface area contributed by atoms with Gasteiger partial charge in [0.05, 0.1) is 0 Å². The predicted octanol–water partition coefficient (Wildman–Crippen LogP) is 0.861. The molecule has 1 aliphatic heterocycles. The smallest absolute Gasteiger partial charge is 0.249 e. The lowest BCUT2D eigenvalue weighted by Crippen LogP contribution is -2.50. The van der Waals surface area contributed by atoms with Gasteiger partial charge in [-0.1, -0.05) is 12.2 Å². The standard InChI is InChI=1S/C11H16N2O2/c1-3-4-5-8(2)12-9-6-7-10(14)13-11(9)15/h3-5,9,12H,6-7H2,1-2H3,(H,13,14,15)/b4-3-,8-5+. The molecule has 1 aliphatic rings. The van der Waals surface area contributed by atoms with Crippen molar-refractivity contribution >= 4 is 11.8 Å². The number of rotatable bonds is 3. The van der Waals surface area contributed by atoms with Gasteiger partial charge in [-0.05, 0) is 26.3 Å². The molecule has 0 saturated carbocycles. The summed E-state index contributed by atoms with van der Waals surface area (Å²) in [5, 5.41) is 5.37. The van der Waals surface area contributed by atoms with Crippen LogP contribution in [0.25, 0.3) is 0 Å². The average molecular weight is 208 g/mol. The van der Waals surface area contributed by atoms with Crippen molar-refractivity contribution < 1.29 is 9.59 Å². The van der Waals surface area contributed by atoms with E-state index in [1.54, 1.807) is 0 Å². The van der Waals surface area contributed by atoms with Gasteiger partial charge in [0.2, 0.25) is 11.8 Å². The predicted molar refractivity (Wildman–Crippen MR) is 57.9 cm³/mol. The van der Waals surface area contributed by atoms with E-state index < -0.39 is 0 Å². The number of piperidine rings is 1. The summed E-state index contributed by atoms with van der Waals surface area (Å²) in [7, 11) is 0. The molecule has 1 fully saturated rings. The quantitative estimate of drug-likeness (QED) is 0.534. The summed E-state index contributed by atoms with van der Waals surface area (Å²) >= 11 is 0. The Kier molecular flexibility index (Phi) is 4.09. The largest absolute Gasteiger partial charge is 0.377 e. The Labute approximate surface area is 89.4 Å². The van der Waals surface area contributed by atoms with Gasteiger partial charge in [-0.3, -0.25) is 14.9 Å². The summed E-state index contributed by atoms with van der Waals surface area (Å²) < 4.78 is 0. The van der Waals surface area contributed by atoms with Crippen molar-refractivity contribution in [3.05, 3.63) is 23.9 Å². The monoisotopic (exact) mass is 208 g/mol. The van der Waals surface area contributed by atoms with Crippen LogP contribution in [0.1, 0.15) is 26.7 Å². The fraction of sp³-hybridized carbons (Fsp3) is 0.455. The van der Waals surface area contributed by atoms with E-state index in [9.17, 15) is 9.59 Å². The SMILES string of the molecule is C/C=C\C=C(/C)NC1CCC(=O)NC1=O. The average Bonchev–Trinajstić information content (AvgIpc) is 2.19. The Morgan fingerprint density at radius 1 is 1.53 bits per heavy atom. The molecular formula is C11H16N2O2.